The Bertz CT molecular complexity index is 1520. The van der Waals surface area contributed by atoms with Gasteiger partial charge in [0.15, 0.2) is 0 Å². The fourth-order valence-electron chi connectivity index (χ4n) is 13.2. The summed E-state index contributed by atoms with van der Waals surface area (Å²) in [7, 11) is 0. The van der Waals surface area contributed by atoms with E-state index in [9.17, 15) is 14.7 Å². The van der Waals surface area contributed by atoms with Gasteiger partial charge in [-0.1, -0.05) is 65.0 Å². The second-order valence-electron chi connectivity index (χ2n) is 16.8. The van der Waals surface area contributed by atoms with Crippen LogP contribution in [0.2, 0.25) is 0 Å². The van der Waals surface area contributed by atoms with Gasteiger partial charge in [-0.05, 0) is 122 Å². The number of rotatable bonds is 4. The first-order chi connectivity index (χ1) is 20.2. The quantitative estimate of drug-likeness (QED) is 0.318. The van der Waals surface area contributed by atoms with E-state index in [1.165, 1.54) is 41.4 Å². The Morgan fingerprint density at radius 1 is 0.953 bits per heavy atom. The minimum atomic E-state index is -0.969. The molecule has 4 saturated carbocycles. The van der Waals surface area contributed by atoms with E-state index in [0.717, 1.165) is 38.5 Å². The Hall–Kier alpha value is -2.56. The van der Waals surface area contributed by atoms with Gasteiger partial charge in [0, 0.05) is 22.0 Å². The summed E-state index contributed by atoms with van der Waals surface area (Å²) in [5.41, 5.74) is 5.63. The number of fused-ring (bicyclic) bond motifs is 10. The molecule has 0 radical (unpaired) electrons. The van der Waals surface area contributed by atoms with Crippen LogP contribution in [0.1, 0.15) is 104 Å². The van der Waals surface area contributed by atoms with Crippen LogP contribution in [0.3, 0.4) is 0 Å². The molecular weight excluding hydrogens is 532 g/mol. The number of carbonyl (C=O) groups is 2. The Labute approximate surface area is 257 Å². The molecule has 4 fully saturated rings. The molecule has 9 atom stereocenters. The van der Waals surface area contributed by atoms with Crippen molar-refractivity contribution in [2.75, 3.05) is 6.54 Å². The number of aromatic amines is 1. The highest BCUT2D eigenvalue weighted by atomic mass is 16.4. The van der Waals surface area contributed by atoms with E-state index >= 15 is 0 Å². The van der Waals surface area contributed by atoms with Crippen molar-refractivity contribution in [2.24, 2.45) is 51.2 Å². The van der Waals surface area contributed by atoms with Gasteiger partial charge < -0.3 is 15.4 Å². The van der Waals surface area contributed by atoms with Gasteiger partial charge in [0.2, 0.25) is 5.91 Å². The van der Waals surface area contributed by atoms with E-state index in [2.05, 4.69) is 82.7 Å². The number of H-pyrrole nitrogens is 1. The molecule has 5 aliphatic rings. The normalized spacial score (nSPS) is 42.6. The zero-order chi connectivity index (χ0) is 30.7. The predicted molar refractivity (Wildman–Crippen MR) is 172 cm³/mol. The molecular formula is C38H52N2O3. The van der Waals surface area contributed by atoms with Gasteiger partial charge in [0.25, 0.3) is 0 Å². The smallest absolute Gasteiger partial charge is 0.322 e. The lowest BCUT2D eigenvalue weighted by Gasteiger charge is -2.72. The molecule has 7 rings (SSSR count). The molecule has 1 aromatic heterocycles. The predicted octanol–water partition coefficient (Wildman–Crippen LogP) is 8.04. The van der Waals surface area contributed by atoms with Gasteiger partial charge >= 0.3 is 5.97 Å². The molecule has 2 aromatic rings. The maximum atomic E-state index is 13.9. The zero-order valence-corrected chi connectivity index (χ0v) is 27.2. The summed E-state index contributed by atoms with van der Waals surface area (Å²) in [5.74, 6) is 1.27. The third-order valence-corrected chi connectivity index (χ3v) is 15.1. The zero-order valence-electron chi connectivity index (χ0n) is 27.2. The van der Waals surface area contributed by atoms with Gasteiger partial charge in [-0.15, -0.1) is 0 Å². The van der Waals surface area contributed by atoms with Crippen LogP contribution in [0.5, 0.6) is 0 Å². The number of carboxylic acid groups (broad SMARTS) is 1. The van der Waals surface area contributed by atoms with Crippen molar-refractivity contribution < 1.29 is 14.7 Å². The first-order valence-corrected chi connectivity index (χ1v) is 17.0. The average Bonchev–Trinajstić information content (AvgIpc) is 3.52. The standard InChI is InChI=1S/C38H52N2O3/c1-22(2)23-14-17-38(33(43)39-21-30(41)42)19-18-36(6)26(31(23)38)12-13-29-35(5)20-25-24-10-8-9-11-27(24)40-32(25)34(3,4)28(35)15-16-37(29,36)7/h8-11,23,26,28-29,31,40H,1,12-21H2,2-7H3,(H,39,43)(H,41,42). The van der Waals surface area contributed by atoms with Crippen LogP contribution < -0.4 is 5.32 Å². The molecule has 5 aliphatic carbocycles. The SMILES string of the molecule is C=C(C)C1CCC2(C(=O)NCC(=O)O)CCC3(C)C(CCC4C5(C)Cc6c([nH]c7ccccc67)C(C)(C)C5CCC43C)C12. The van der Waals surface area contributed by atoms with Crippen molar-refractivity contribution in [3.63, 3.8) is 0 Å². The van der Waals surface area contributed by atoms with Crippen LogP contribution in [-0.4, -0.2) is 28.5 Å². The topological polar surface area (TPSA) is 82.2 Å². The first-order valence-electron chi connectivity index (χ1n) is 17.0. The maximum absolute atomic E-state index is 13.9. The van der Waals surface area contributed by atoms with Crippen LogP contribution in [0.4, 0.5) is 0 Å². The monoisotopic (exact) mass is 584 g/mol. The summed E-state index contributed by atoms with van der Waals surface area (Å²) >= 11 is 0. The van der Waals surface area contributed by atoms with Crippen molar-refractivity contribution in [2.45, 2.75) is 105 Å². The van der Waals surface area contributed by atoms with E-state index in [1.54, 1.807) is 5.56 Å². The summed E-state index contributed by atoms with van der Waals surface area (Å²) in [5, 5.41) is 13.6. The summed E-state index contributed by atoms with van der Waals surface area (Å²) < 4.78 is 0. The van der Waals surface area contributed by atoms with Crippen molar-refractivity contribution in [3.05, 3.63) is 47.7 Å². The highest BCUT2D eigenvalue weighted by molar-refractivity contribution is 5.87. The molecule has 9 unspecified atom stereocenters. The van der Waals surface area contributed by atoms with Crippen LogP contribution in [0.25, 0.3) is 10.9 Å². The van der Waals surface area contributed by atoms with Gasteiger partial charge in [0.05, 0.1) is 5.41 Å². The molecule has 0 saturated heterocycles. The molecule has 5 heteroatoms. The lowest BCUT2D eigenvalue weighted by Crippen LogP contribution is -2.67. The number of hydrogen-bond acceptors (Lipinski definition) is 2. The number of allylic oxidation sites excluding steroid dienone is 1. The summed E-state index contributed by atoms with van der Waals surface area (Å²) in [6.07, 6.45) is 9.74. The van der Waals surface area contributed by atoms with Gasteiger partial charge in [-0.25, -0.2) is 0 Å². The number of amides is 1. The molecule has 232 valence electrons. The van der Waals surface area contributed by atoms with Crippen LogP contribution in [0, 0.1) is 51.2 Å². The van der Waals surface area contributed by atoms with E-state index in [0.29, 0.717) is 23.7 Å². The Morgan fingerprint density at radius 2 is 1.70 bits per heavy atom. The van der Waals surface area contributed by atoms with Crippen molar-refractivity contribution in [1.82, 2.24) is 10.3 Å². The lowest BCUT2D eigenvalue weighted by molar-refractivity contribution is -0.224. The molecule has 0 aliphatic heterocycles. The van der Waals surface area contributed by atoms with E-state index < -0.39 is 11.4 Å². The number of aromatic nitrogens is 1. The second-order valence-corrected chi connectivity index (χ2v) is 16.8. The van der Waals surface area contributed by atoms with Crippen molar-refractivity contribution in [1.29, 1.82) is 0 Å². The number of para-hydroxylation sites is 1. The Kier molecular flexibility index (Phi) is 6.26. The minimum Gasteiger partial charge on any atom is -0.480 e. The largest absolute Gasteiger partial charge is 0.480 e. The third kappa shape index (κ3) is 3.63. The summed E-state index contributed by atoms with van der Waals surface area (Å²) in [4.78, 5) is 29.2. The van der Waals surface area contributed by atoms with E-state index in [1.807, 2.05) is 0 Å². The highest BCUT2D eigenvalue weighted by Gasteiger charge is 2.71. The number of carboxylic acids is 1. The molecule has 1 aromatic carbocycles. The fraction of sp³-hybridized carbons (Fsp3) is 0.684. The number of nitrogens with one attached hydrogen (secondary N) is 2. The number of benzene rings is 1. The molecule has 0 bridgehead atoms. The fourth-order valence-corrected chi connectivity index (χ4v) is 13.2. The second kappa shape index (κ2) is 9.23. The molecule has 3 N–H and O–H groups in total. The lowest BCUT2D eigenvalue weighted by atomic mass is 9.32. The average molecular weight is 585 g/mol. The van der Waals surface area contributed by atoms with Gasteiger partial charge in [-0.2, -0.15) is 0 Å². The highest BCUT2D eigenvalue weighted by Crippen LogP contribution is 2.77. The molecule has 5 nitrogen and oxygen atoms in total. The summed E-state index contributed by atoms with van der Waals surface area (Å²) in [6, 6.07) is 8.90. The van der Waals surface area contributed by atoms with Crippen LogP contribution >= 0.6 is 0 Å². The Balaban J connectivity index is 1.29. The molecule has 1 heterocycles. The van der Waals surface area contributed by atoms with Crippen molar-refractivity contribution in [3.8, 4) is 0 Å². The van der Waals surface area contributed by atoms with E-state index in [-0.39, 0.29) is 40.0 Å². The third-order valence-electron chi connectivity index (χ3n) is 15.1. The molecule has 43 heavy (non-hydrogen) atoms. The van der Waals surface area contributed by atoms with Crippen LogP contribution in [-0.2, 0) is 21.4 Å². The first kappa shape index (κ1) is 29.2. The van der Waals surface area contributed by atoms with E-state index in [4.69, 9.17) is 0 Å². The van der Waals surface area contributed by atoms with Gasteiger partial charge in [0.1, 0.15) is 6.54 Å². The minimum absolute atomic E-state index is 0.0189. The maximum Gasteiger partial charge on any atom is 0.322 e. The number of aliphatic carboxylic acids is 1. The van der Waals surface area contributed by atoms with Crippen molar-refractivity contribution >= 4 is 22.8 Å². The van der Waals surface area contributed by atoms with Crippen LogP contribution in [0.15, 0.2) is 36.4 Å². The molecule has 0 spiro atoms. The summed E-state index contributed by atoms with van der Waals surface area (Å²) in [6.45, 7) is 19.2. The molecule has 1 amide bonds. The number of carbonyl (C=O) groups excluding carboxylic acids is 1. The number of hydrogen-bond donors (Lipinski definition) is 3. The van der Waals surface area contributed by atoms with Gasteiger partial charge in [-0.3, -0.25) is 9.59 Å². The Morgan fingerprint density at radius 3 is 2.42 bits per heavy atom.